The third-order valence-corrected chi connectivity index (χ3v) is 4.47. The number of ether oxygens (including phenoxy) is 2. The van der Waals surface area contributed by atoms with Gasteiger partial charge in [0.15, 0.2) is 6.10 Å². The molecule has 2 N–H and O–H groups in total. The van der Waals surface area contributed by atoms with E-state index in [4.69, 9.17) is 15.2 Å². The van der Waals surface area contributed by atoms with Crippen LogP contribution in [0.3, 0.4) is 0 Å². The first-order valence-corrected chi connectivity index (χ1v) is 8.16. The van der Waals surface area contributed by atoms with Crippen molar-refractivity contribution in [3.63, 3.8) is 0 Å². The van der Waals surface area contributed by atoms with E-state index in [1.54, 1.807) is 17.0 Å². The van der Waals surface area contributed by atoms with Crippen molar-refractivity contribution in [1.29, 1.82) is 0 Å². The van der Waals surface area contributed by atoms with Gasteiger partial charge in [-0.05, 0) is 26.0 Å². The number of morpholine rings is 1. The molecule has 0 bridgehead atoms. The summed E-state index contributed by atoms with van der Waals surface area (Å²) >= 11 is 0. The molecule has 3 rings (SSSR count). The molecule has 0 aliphatic carbocycles. The third kappa shape index (κ3) is 3.37. The Bertz CT molecular complexity index is 636. The van der Waals surface area contributed by atoms with Gasteiger partial charge in [-0.25, -0.2) is 0 Å². The Morgan fingerprint density at radius 3 is 2.75 bits per heavy atom. The van der Waals surface area contributed by atoms with Gasteiger partial charge in [0, 0.05) is 12.6 Å². The maximum absolute atomic E-state index is 12.9. The van der Waals surface area contributed by atoms with Crippen LogP contribution in [0.2, 0.25) is 0 Å². The zero-order valence-corrected chi connectivity index (χ0v) is 14.0. The first-order valence-electron chi connectivity index (χ1n) is 8.16. The zero-order chi connectivity index (χ0) is 17.3. The van der Waals surface area contributed by atoms with E-state index in [9.17, 15) is 9.59 Å². The Kier molecular flexibility index (Phi) is 4.73. The number of anilines is 1. The van der Waals surface area contributed by atoms with Crippen LogP contribution >= 0.6 is 0 Å². The molecule has 1 aromatic rings. The van der Waals surface area contributed by atoms with E-state index in [0.717, 1.165) is 0 Å². The highest BCUT2D eigenvalue weighted by Crippen LogP contribution is 2.33. The number of hydrogen-bond donors (Lipinski definition) is 1. The lowest BCUT2D eigenvalue weighted by Gasteiger charge is -2.39. The lowest BCUT2D eigenvalue weighted by Crippen LogP contribution is -2.55. The molecule has 0 saturated carbocycles. The first kappa shape index (κ1) is 16.7. The number of primary amides is 1. The van der Waals surface area contributed by atoms with Crippen LogP contribution in [0.25, 0.3) is 0 Å². The Balaban J connectivity index is 1.79. The van der Waals surface area contributed by atoms with E-state index in [2.05, 4.69) is 4.90 Å². The van der Waals surface area contributed by atoms with Crippen molar-refractivity contribution < 1.29 is 19.1 Å². The summed E-state index contributed by atoms with van der Waals surface area (Å²) in [6.07, 6.45) is -0.728. The van der Waals surface area contributed by atoms with Crippen molar-refractivity contribution in [2.75, 3.05) is 31.1 Å². The van der Waals surface area contributed by atoms with Gasteiger partial charge in [0.1, 0.15) is 5.75 Å². The number of carbonyl (C=O) groups excluding carboxylic acids is 2. The van der Waals surface area contributed by atoms with Gasteiger partial charge in [0.25, 0.3) is 5.91 Å². The fourth-order valence-electron chi connectivity index (χ4n) is 3.07. The minimum absolute atomic E-state index is 0.0713. The molecule has 0 radical (unpaired) electrons. The number of amides is 2. The van der Waals surface area contributed by atoms with Gasteiger partial charge in [-0.1, -0.05) is 12.1 Å². The van der Waals surface area contributed by atoms with Gasteiger partial charge in [-0.15, -0.1) is 0 Å². The molecule has 130 valence electrons. The molecule has 1 aromatic carbocycles. The van der Waals surface area contributed by atoms with Crippen LogP contribution < -0.4 is 15.4 Å². The van der Waals surface area contributed by atoms with E-state index in [1.807, 2.05) is 26.0 Å². The number of hydrogen-bond acceptors (Lipinski definition) is 5. The maximum atomic E-state index is 12.9. The van der Waals surface area contributed by atoms with E-state index in [0.29, 0.717) is 24.6 Å². The molecular formula is C17H23N3O4. The Morgan fingerprint density at radius 2 is 2.00 bits per heavy atom. The van der Waals surface area contributed by atoms with E-state index < -0.39 is 12.0 Å². The quantitative estimate of drug-likeness (QED) is 0.864. The highest BCUT2D eigenvalue weighted by molar-refractivity contribution is 5.98. The Hall–Kier alpha value is -2.12. The highest BCUT2D eigenvalue weighted by Gasteiger charge is 2.34. The number of rotatable bonds is 3. The van der Waals surface area contributed by atoms with E-state index in [-0.39, 0.29) is 31.1 Å². The molecule has 0 spiro atoms. The molecule has 1 saturated heterocycles. The second-order valence-corrected chi connectivity index (χ2v) is 6.40. The van der Waals surface area contributed by atoms with Crippen molar-refractivity contribution in [2.45, 2.75) is 32.1 Å². The minimum Gasteiger partial charge on any atom is -0.477 e. The summed E-state index contributed by atoms with van der Waals surface area (Å²) in [4.78, 5) is 28.1. The Labute approximate surface area is 141 Å². The van der Waals surface area contributed by atoms with Crippen molar-refractivity contribution in [3.05, 3.63) is 24.3 Å². The summed E-state index contributed by atoms with van der Waals surface area (Å²) in [5.41, 5.74) is 6.06. The minimum atomic E-state index is -0.829. The van der Waals surface area contributed by atoms with Crippen LogP contribution in [0.5, 0.6) is 5.75 Å². The molecule has 3 atom stereocenters. The van der Waals surface area contributed by atoms with Gasteiger partial charge in [0.2, 0.25) is 5.91 Å². The Morgan fingerprint density at radius 1 is 1.25 bits per heavy atom. The number of nitrogens with zero attached hydrogens (tertiary/aromatic N) is 2. The summed E-state index contributed by atoms with van der Waals surface area (Å²) in [5.74, 6) is -0.141. The van der Waals surface area contributed by atoms with Crippen LogP contribution in [0, 0.1) is 0 Å². The summed E-state index contributed by atoms with van der Waals surface area (Å²) in [6.45, 7) is 5.76. The standard InChI is InChI=1S/C17H23N3O4/c1-11-10-23-12(2)7-19(11)9-16(21)20-8-15(17(18)22)24-14-6-4-3-5-13(14)20/h3-6,11-12,15H,7-10H2,1-2H3,(H2,18,22)/t11-,12-,15-/m1/s1. The molecule has 2 aliphatic heterocycles. The van der Waals surface area contributed by atoms with Crippen LogP contribution in [0.4, 0.5) is 5.69 Å². The van der Waals surface area contributed by atoms with Crippen LogP contribution in [0.1, 0.15) is 13.8 Å². The summed E-state index contributed by atoms with van der Waals surface area (Å²) in [5, 5.41) is 0. The van der Waals surface area contributed by atoms with Gasteiger partial charge < -0.3 is 20.1 Å². The van der Waals surface area contributed by atoms with Crippen LogP contribution in [-0.4, -0.2) is 61.2 Å². The normalized spacial score (nSPS) is 27.2. The van der Waals surface area contributed by atoms with Crippen molar-refractivity contribution >= 4 is 17.5 Å². The number of carbonyl (C=O) groups is 2. The largest absolute Gasteiger partial charge is 0.477 e. The molecule has 2 aliphatic rings. The second kappa shape index (κ2) is 6.78. The fraction of sp³-hybridized carbons (Fsp3) is 0.529. The third-order valence-electron chi connectivity index (χ3n) is 4.47. The van der Waals surface area contributed by atoms with Crippen molar-refractivity contribution in [3.8, 4) is 5.75 Å². The average molecular weight is 333 g/mol. The SMILES string of the molecule is C[C@@H]1CN(CC(=O)N2C[C@H](C(N)=O)Oc3ccccc32)[C@H](C)CO1. The molecule has 0 unspecified atom stereocenters. The van der Waals surface area contributed by atoms with E-state index >= 15 is 0 Å². The lowest BCUT2D eigenvalue weighted by molar-refractivity contribution is -0.126. The van der Waals surface area contributed by atoms with Crippen LogP contribution in [0.15, 0.2) is 24.3 Å². The van der Waals surface area contributed by atoms with E-state index in [1.165, 1.54) is 0 Å². The molecule has 0 aromatic heterocycles. The van der Waals surface area contributed by atoms with Crippen molar-refractivity contribution in [2.24, 2.45) is 5.73 Å². The summed E-state index contributed by atoms with van der Waals surface area (Å²) in [6, 6.07) is 7.37. The highest BCUT2D eigenvalue weighted by atomic mass is 16.5. The summed E-state index contributed by atoms with van der Waals surface area (Å²) < 4.78 is 11.2. The van der Waals surface area contributed by atoms with Gasteiger partial charge in [-0.2, -0.15) is 0 Å². The first-order chi connectivity index (χ1) is 11.5. The molecular weight excluding hydrogens is 310 g/mol. The molecule has 1 fully saturated rings. The smallest absolute Gasteiger partial charge is 0.260 e. The van der Waals surface area contributed by atoms with Gasteiger partial charge >= 0.3 is 0 Å². The number of nitrogens with two attached hydrogens (primary N) is 1. The molecule has 2 amide bonds. The summed E-state index contributed by atoms with van der Waals surface area (Å²) in [7, 11) is 0. The lowest BCUT2D eigenvalue weighted by atomic mass is 10.1. The monoisotopic (exact) mass is 333 g/mol. The topological polar surface area (TPSA) is 85.1 Å². The number of fused-ring (bicyclic) bond motifs is 1. The van der Waals surface area contributed by atoms with Crippen molar-refractivity contribution in [1.82, 2.24) is 4.90 Å². The average Bonchev–Trinajstić information content (AvgIpc) is 2.57. The van der Waals surface area contributed by atoms with Crippen LogP contribution in [-0.2, 0) is 14.3 Å². The fourth-order valence-corrected chi connectivity index (χ4v) is 3.07. The predicted molar refractivity (Wildman–Crippen MR) is 88.9 cm³/mol. The maximum Gasteiger partial charge on any atom is 0.260 e. The molecule has 7 heteroatoms. The zero-order valence-electron chi connectivity index (χ0n) is 14.0. The molecule has 7 nitrogen and oxygen atoms in total. The van der Waals surface area contributed by atoms with Gasteiger partial charge in [-0.3, -0.25) is 14.5 Å². The second-order valence-electron chi connectivity index (χ2n) is 6.40. The molecule has 2 heterocycles. The number of benzene rings is 1. The predicted octanol–water partition coefficient (Wildman–Crippen LogP) is 0.375. The molecule has 24 heavy (non-hydrogen) atoms. The van der Waals surface area contributed by atoms with Gasteiger partial charge in [0.05, 0.1) is 31.5 Å². The number of para-hydroxylation sites is 2.